The van der Waals surface area contributed by atoms with Gasteiger partial charge < -0.3 is 20.1 Å². The number of nitrogens with one attached hydrogen (secondary N) is 2. The zero-order valence-corrected chi connectivity index (χ0v) is 15.7. The molecule has 5 heteroatoms. The average molecular weight is 345 g/mol. The van der Waals surface area contributed by atoms with E-state index in [1.807, 2.05) is 0 Å². The van der Waals surface area contributed by atoms with Crippen molar-refractivity contribution in [1.82, 2.24) is 10.6 Å². The molecule has 3 unspecified atom stereocenters. The quantitative estimate of drug-likeness (QED) is 0.453. The van der Waals surface area contributed by atoms with Crippen molar-refractivity contribution < 1.29 is 9.47 Å². The second-order valence-electron chi connectivity index (χ2n) is 7.04. The van der Waals surface area contributed by atoms with Gasteiger partial charge in [0.2, 0.25) is 0 Å². The lowest BCUT2D eigenvalue weighted by Crippen LogP contribution is -2.47. The molecule has 2 fully saturated rings. The molecule has 0 aliphatic carbocycles. The number of fused-ring (bicyclic) bond motifs is 2. The molecule has 1 aromatic carbocycles. The molecule has 0 spiro atoms. The van der Waals surface area contributed by atoms with Crippen LogP contribution in [0.4, 0.5) is 0 Å². The number of aliphatic imine (C=N–C) groups is 1. The second kappa shape index (κ2) is 8.56. The molecule has 2 heterocycles. The third-order valence-electron chi connectivity index (χ3n) is 5.00. The van der Waals surface area contributed by atoms with Crippen molar-refractivity contribution in [2.45, 2.75) is 64.7 Å². The van der Waals surface area contributed by atoms with Crippen LogP contribution in [0.3, 0.4) is 0 Å². The molecule has 2 aliphatic rings. The van der Waals surface area contributed by atoms with E-state index in [2.05, 4.69) is 49.6 Å². The number of hydrogen-bond donors (Lipinski definition) is 2. The number of ether oxygens (including phenoxy) is 2. The average Bonchev–Trinajstić information content (AvgIpc) is 3.20. The molecule has 2 saturated heterocycles. The SMILES string of the molecule is CCNC(=NCCCOc1c(C)cccc1C)NC1CC2CCC1O2. The van der Waals surface area contributed by atoms with Gasteiger partial charge in [-0.15, -0.1) is 0 Å². The Balaban J connectivity index is 1.44. The zero-order chi connectivity index (χ0) is 17.6. The van der Waals surface area contributed by atoms with E-state index in [-0.39, 0.29) is 0 Å². The molecular weight excluding hydrogens is 314 g/mol. The van der Waals surface area contributed by atoms with Gasteiger partial charge in [-0.05, 0) is 51.2 Å². The highest BCUT2D eigenvalue weighted by atomic mass is 16.5. The number of nitrogens with zero attached hydrogens (tertiary/aromatic N) is 1. The summed E-state index contributed by atoms with van der Waals surface area (Å²) in [5, 5.41) is 6.89. The Labute approximate surface area is 151 Å². The van der Waals surface area contributed by atoms with Gasteiger partial charge in [-0.1, -0.05) is 18.2 Å². The van der Waals surface area contributed by atoms with Crippen molar-refractivity contribution in [3.05, 3.63) is 29.3 Å². The van der Waals surface area contributed by atoms with Gasteiger partial charge in [0.1, 0.15) is 5.75 Å². The maximum Gasteiger partial charge on any atom is 0.191 e. The topological polar surface area (TPSA) is 54.9 Å². The summed E-state index contributed by atoms with van der Waals surface area (Å²) in [6, 6.07) is 6.65. The second-order valence-corrected chi connectivity index (χ2v) is 7.04. The fourth-order valence-electron chi connectivity index (χ4n) is 3.74. The van der Waals surface area contributed by atoms with E-state index in [9.17, 15) is 0 Å². The number of guanidine groups is 1. The first-order chi connectivity index (χ1) is 12.2. The Hall–Kier alpha value is -1.75. The number of aryl methyl sites for hydroxylation is 2. The molecule has 0 aromatic heterocycles. The minimum absolute atomic E-state index is 0.362. The van der Waals surface area contributed by atoms with Gasteiger partial charge in [-0.3, -0.25) is 4.99 Å². The summed E-state index contributed by atoms with van der Waals surface area (Å²) < 4.78 is 11.9. The predicted octanol–water partition coefficient (Wildman–Crippen LogP) is 2.95. The van der Waals surface area contributed by atoms with Crippen molar-refractivity contribution in [3.8, 4) is 5.75 Å². The molecule has 5 nitrogen and oxygen atoms in total. The van der Waals surface area contributed by atoms with Gasteiger partial charge in [0.25, 0.3) is 0 Å². The van der Waals surface area contributed by atoms with Gasteiger partial charge in [-0.2, -0.15) is 0 Å². The number of rotatable bonds is 7. The molecule has 3 atom stereocenters. The number of para-hydroxylation sites is 1. The Morgan fingerprint density at radius 2 is 2.08 bits per heavy atom. The zero-order valence-electron chi connectivity index (χ0n) is 15.7. The van der Waals surface area contributed by atoms with Crippen LogP contribution in [0.5, 0.6) is 5.75 Å². The van der Waals surface area contributed by atoms with Crippen molar-refractivity contribution in [2.75, 3.05) is 19.7 Å². The van der Waals surface area contributed by atoms with Gasteiger partial charge >= 0.3 is 0 Å². The van der Waals surface area contributed by atoms with E-state index < -0.39 is 0 Å². The molecule has 3 rings (SSSR count). The summed E-state index contributed by atoms with van der Waals surface area (Å²) in [4.78, 5) is 4.70. The Kier molecular flexibility index (Phi) is 6.19. The first-order valence-corrected chi connectivity index (χ1v) is 9.56. The van der Waals surface area contributed by atoms with Gasteiger partial charge in [0.15, 0.2) is 5.96 Å². The maximum absolute atomic E-state index is 5.95. The standard InChI is InChI=1S/C20H31N3O2/c1-4-21-20(23-17-13-16-9-10-18(17)25-16)22-11-6-12-24-19-14(2)7-5-8-15(19)3/h5,7-8,16-18H,4,6,9-13H2,1-3H3,(H2,21,22,23). The minimum Gasteiger partial charge on any atom is -0.493 e. The van der Waals surface area contributed by atoms with E-state index in [4.69, 9.17) is 14.5 Å². The lowest BCUT2D eigenvalue weighted by molar-refractivity contribution is 0.0992. The monoisotopic (exact) mass is 345 g/mol. The third kappa shape index (κ3) is 4.66. The summed E-state index contributed by atoms with van der Waals surface area (Å²) in [6.07, 6.45) is 5.21. The predicted molar refractivity (Wildman–Crippen MR) is 101 cm³/mol. The van der Waals surface area contributed by atoms with Gasteiger partial charge in [0, 0.05) is 19.5 Å². The van der Waals surface area contributed by atoms with Crippen LogP contribution in [0.2, 0.25) is 0 Å². The van der Waals surface area contributed by atoms with Crippen molar-refractivity contribution in [1.29, 1.82) is 0 Å². The smallest absolute Gasteiger partial charge is 0.191 e. The van der Waals surface area contributed by atoms with Crippen LogP contribution < -0.4 is 15.4 Å². The highest BCUT2D eigenvalue weighted by molar-refractivity contribution is 5.80. The normalized spacial score (nSPS) is 25.2. The van der Waals surface area contributed by atoms with Gasteiger partial charge in [-0.25, -0.2) is 0 Å². The lowest BCUT2D eigenvalue weighted by Gasteiger charge is -2.22. The Morgan fingerprint density at radius 1 is 1.28 bits per heavy atom. The molecule has 0 amide bonds. The molecule has 0 saturated carbocycles. The Bertz CT molecular complexity index is 582. The molecule has 2 N–H and O–H groups in total. The van der Waals surface area contributed by atoms with Crippen LogP contribution >= 0.6 is 0 Å². The molecule has 1 aromatic rings. The fraction of sp³-hybridized carbons (Fsp3) is 0.650. The summed E-state index contributed by atoms with van der Waals surface area (Å²) in [6.45, 7) is 8.58. The fourth-order valence-corrected chi connectivity index (χ4v) is 3.74. The van der Waals surface area contributed by atoms with Crippen molar-refractivity contribution >= 4 is 5.96 Å². The van der Waals surface area contributed by atoms with Crippen LogP contribution in [-0.2, 0) is 4.74 Å². The van der Waals surface area contributed by atoms with Crippen LogP contribution in [0, 0.1) is 13.8 Å². The van der Waals surface area contributed by atoms with Crippen molar-refractivity contribution in [2.24, 2.45) is 4.99 Å². The van der Waals surface area contributed by atoms with Crippen LogP contribution in [0.15, 0.2) is 23.2 Å². The van der Waals surface area contributed by atoms with E-state index >= 15 is 0 Å². The molecule has 2 aliphatic heterocycles. The van der Waals surface area contributed by atoms with E-state index in [0.29, 0.717) is 24.9 Å². The summed E-state index contributed by atoms with van der Waals surface area (Å²) in [7, 11) is 0. The highest BCUT2D eigenvalue weighted by Gasteiger charge is 2.41. The van der Waals surface area contributed by atoms with E-state index in [1.54, 1.807) is 0 Å². The molecule has 138 valence electrons. The summed E-state index contributed by atoms with van der Waals surface area (Å²) in [5.74, 6) is 1.91. The van der Waals surface area contributed by atoms with E-state index in [1.165, 1.54) is 24.0 Å². The lowest BCUT2D eigenvalue weighted by atomic mass is 9.96. The van der Waals surface area contributed by atoms with Crippen LogP contribution in [0.25, 0.3) is 0 Å². The third-order valence-corrected chi connectivity index (χ3v) is 5.00. The summed E-state index contributed by atoms with van der Waals surface area (Å²) in [5.41, 5.74) is 2.38. The molecule has 2 bridgehead atoms. The molecule has 25 heavy (non-hydrogen) atoms. The van der Waals surface area contributed by atoms with Crippen molar-refractivity contribution in [3.63, 3.8) is 0 Å². The van der Waals surface area contributed by atoms with E-state index in [0.717, 1.165) is 37.6 Å². The minimum atomic E-state index is 0.362. The molecular formula is C20H31N3O2. The largest absolute Gasteiger partial charge is 0.493 e. The number of benzene rings is 1. The summed E-state index contributed by atoms with van der Waals surface area (Å²) >= 11 is 0. The molecule has 0 radical (unpaired) electrons. The van der Waals surface area contributed by atoms with Crippen LogP contribution in [0.1, 0.15) is 43.7 Å². The number of hydrogen-bond acceptors (Lipinski definition) is 3. The van der Waals surface area contributed by atoms with Gasteiger partial charge in [0.05, 0.1) is 24.9 Å². The van der Waals surface area contributed by atoms with Crippen LogP contribution in [-0.4, -0.2) is 43.9 Å². The first-order valence-electron chi connectivity index (χ1n) is 9.56. The highest BCUT2D eigenvalue weighted by Crippen LogP contribution is 2.34. The maximum atomic E-state index is 5.95. The Morgan fingerprint density at radius 3 is 2.72 bits per heavy atom. The first kappa shape index (κ1) is 18.1.